The number of aromatic amines is 1. The van der Waals surface area contributed by atoms with E-state index in [1.54, 1.807) is 13.0 Å². The van der Waals surface area contributed by atoms with Gasteiger partial charge in [0, 0.05) is 0 Å². The van der Waals surface area contributed by atoms with Gasteiger partial charge in [-0.25, -0.2) is 15.0 Å². The minimum atomic E-state index is -0.435. The Kier molecular flexibility index (Phi) is 5.16. The Bertz CT molecular complexity index is 1000. The van der Waals surface area contributed by atoms with Crippen molar-refractivity contribution in [2.45, 2.75) is 20.4 Å². The Balaban J connectivity index is 1.74. The summed E-state index contributed by atoms with van der Waals surface area (Å²) in [6.45, 7) is 7.53. The minimum absolute atomic E-state index is 0.00272. The van der Waals surface area contributed by atoms with E-state index in [9.17, 15) is 4.79 Å². The monoisotopic (exact) mass is 364 g/mol. The maximum absolute atomic E-state index is 12.5. The number of hydrogen-bond acceptors (Lipinski definition) is 6. The van der Waals surface area contributed by atoms with Gasteiger partial charge in [-0.05, 0) is 26.0 Å². The molecular formula is C19H20N6O2. The lowest BCUT2D eigenvalue weighted by molar-refractivity contribution is 0.0945. The largest absolute Gasteiger partial charge is 0.464 e. The number of imidazole rings is 1. The third-order valence-corrected chi connectivity index (χ3v) is 3.78. The molecule has 3 aromatic rings. The lowest BCUT2D eigenvalue weighted by Gasteiger charge is -2.11. The van der Waals surface area contributed by atoms with Crippen molar-refractivity contribution in [3.05, 3.63) is 66.1 Å². The molecule has 0 aliphatic rings. The number of rotatable bonds is 6. The van der Waals surface area contributed by atoms with Gasteiger partial charge in [0.1, 0.15) is 17.3 Å². The molecule has 0 fully saturated rings. The average Bonchev–Trinajstić information content (AvgIpc) is 3.08. The number of H-pyrrole nitrogens is 1. The first kappa shape index (κ1) is 18.1. The number of hydrogen-bond donors (Lipinski definition) is 3. The third-order valence-electron chi connectivity index (χ3n) is 3.78. The molecule has 0 radical (unpaired) electrons. The van der Waals surface area contributed by atoms with E-state index in [4.69, 9.17) is 10.5 Å². The summed E-state index contributed by atoms with van der Waals surface area (Å²) in [6, 6.07) is 7.63. The van der Waals surface area contributed by atoms with Crippen LogP contribution in [0.2, 0.25) is 0 Å². The van der Waals surface area contributed by atoms with Gasteiger partial charge >= 0.3 is 0 Å². The first-order chi connectivity index (χ1) is 13.0. The number of anilines is 1. The Morgan fingerprint density at radius 2 is 2.07 bits per heavy atom. The average molecular weight is 364 g/mol. The highest BCUT2D eigenvalue weighted by Gasteiger charge is 2.18. The molecule has 8 heteroatoms. The lowest BCUT2D eigenvalue weighted by atomic mass is 10.2. The van der Waals surface area contributed by atoms with Crippen molar-refractivity contribution in [2.75, 3.05) is 5.73 Å². The molecule has 1 amide bonds. The van der Waals surface area contributed by atoms with Crippen LogP contribution in [0.1, 0.15) is 34.6 Å². The number of carbonyl (C=O) groups excluding carboxylic acids is 1. The zero-order valence-corrected chi connectivity index (χ0v) is 15.1. The molecule has 0 saturated heterocycles. The van der Waals surface area contributed by atoms with Crippen molar-refractivity contribution in [1.82, 2.24) is 25.3 Å². The number of benzene rings is 1. The molecule has 0 aliphatic carbocycles. The maximum atomic E-state index is 12.5. The summed E-state index contributed by atoms with van der Waals surface area (Å²) in [7, 11) is 0. The summed E-state index contributed by atoms with van der Waals surface area (Å²) in [4.78, 5) is 28.5. The molecule has 4 N–H and O–H groups in total. The fourth-order valence-corrected chi connectivity index (χ4v) is 2.51. The van der Waals surface area contributed by atoms with Gasteiger partial charge in [0.25, 0.3) is 5.91 Å². The maximum Gasteiger partial charge on any atom is 0.274 e. The predicted molar refractivity (Wildman–Crippen MR) is 103 cm³/mol. The van der Waals surface area contributed by atoms with Gasteiger partial charge in [0.15, 0.2) is 11.5 Å². The van der Waals surface area contributed by atoms with Crippen LogP contribution in [0, 0.1) is 6.92 Å². The number of nitrogens with zero attached hydrogens (tertiary/aromatic N) is 3. The zero-order chi connectivity index (χ0) is 19.4. The molecule has 0 bridgehead atoms. The molecule has 0 spiro atoms. The minimum Gasteiger partial charge on any atom is -0.464 e. The van der Waals surface area contributed by atoms with Gasteiger partial charge in [-0.15, -0.1) is 0 Å². The first-order valence-corrected chi connectivity index (χ1v) is 8.32. The molecular weight excluding hydrogens is 344 g/mol. The van der Waals surface area contributed by atoms with Gasteiger partial charge in [-0.3, -0.25) is 4.79 Å². The van der Waals surface area contributed by atoms with Crippen molar-refractivity contribution in [3.63, 3.8) is 0 Å². The van der Waals surface area contributed by atoms with E-state index in [0.29, 0.717) is 23.0 Å². The number of ether oxygens (including phenoxy) is 1. The van der Waals surface area contributed by atoms with E-state index in [1.165, 1.54) is 6.26 Å². The molecule has 3 rings (SSSR count). The number of para-hydroxylation sites is 2. The zero-order valence-electron chi connectivity index (χ0n) is 15.1. The van der Waals surface area contributed by atoms with Crippen molar-refractivity contribution in [2.24, 2.45) is 0 Å². The second-order valence-corrected chi connectivity index (χ2v) is 5.79. The number of fused-ring (bicyclic) bond motifs is 1. The van der Waals surface area contributed by atoms with Crippen LogP contribution < -0.4 is 11.1 Å². The molecule has 2 heterocycles. The Hall–Kier alpha value is -3.68. The summed E-state index contributed by atoms with van der Waals surface area (Å²) >= 11 is 0. The summed E-state index contributed by atoms with van der Waals surface area (Å²) in [5, 5.41) is 2.75. The summed E-state index contributed by atoms with van der Waals surface area (Å²) < 4.78 is 5.30. The highest BCUT2D eigenvalue weighted by Crippen LogP contribution is 2.18. The van der Waals surface area contributed by atoms with E-state index in [2.05, 4.69) is 31.8 Å². The normalized spacial score (nSPS) is 11.0. The number of aromatic nitrogens is 4. The molecule has 138 valence electrons. The molecule has 27 heavy (non-hydrogen) atoms. The highest BCUT2D eigenvalue weighted by atomic mass is 16.5. The second kappa shape index (κ2) is 7.69. The number of nitrogen functional groups attached to an aromatic ring is 1. The molecule has 0 saturated carbocycles. The summed E-state index contributed by atoms with van der Waals surface area (Å²) in [5.74, 6) is 0.509. The quantitative estimate of drug-likeness (QED) is 0.579. The van der Waals surface area contributed by atoms with Crippen molar-refractivity contribution < 1.29 is 9.53 Å². The molecule has 0 atom stereocenters. The Labute approximate surface area is 156 Å². The molecule has 1 aromatic carbocycles. The van der Waals surface area contributed by atoms with E-state index in [1.807, 2.05) is 31.2 Å². The molecule has 8 nitrogen and oxygen atoms in total. The van der Waals surface area contributed by atoms with Crippen LogP contribution in [-0.2, 0) is 11.3 Å². The Morgan fingerprint density at radius 3 is 2.81 bits per heavy atom. The van der Waals surface area contributed by atoms with E-state index in [-0.39, 0.29) is 18.1 Å². The number of nitrogens with one attached hydrogen (secondary N) is 2. The molecule has 2 aromatic heterocycles. The smallest absolute Gasteiger partial charge is 0.274 e. The predicted octanol–water partition coefficient (Wildman–Crippen LogP) is 2.69. The van der Waals surface area contributed by atoms with Crippen molar-refractivity contribution >= 4 is 28.5 Å². The van der Waals surface area contributed by atoms with E-state index in [0.717, 1.165) is 11.0 Å². The Morgan fingerprint density at radius 1 is 1.30 bits per heavy atom. The van der Waals surface area contributed by atoms with Crippen LogP contribution >= 0.6 is 0 Å². The molecule has 0 unspecified atom stereocenters. The standard InChI is InChI=1S/C19H20N6O2/c1-4-9-27-12(3)16-11(2)22-17(18(20)25-16)19(26)21-10-15-23-13-7-5-6-8-14(13)24-15/h4-9H,3,10H2,1-2H3,(H2,20,25)(H,21,26)(H,23,24)/b9-4-. The second-order valence-electron chi connectivity index (χ2n) is 5.79. The van der Waals surface area contributed by atoms with Crippen LogP contribution in [0.3, 0.4) is 0 Å². The highest BCUT2D eigenvalue weighted by molar-refractivity contribution is 5.96. The van der Waals surface area contributed by atoms with Gasteiger partial charge in [-0.2, -0.15) is 0 Å². The SMILES string of the molecule is C=C(O/C=C\C)c1nc(N)c(C(=O)NCc2nc3ccccc3[nH]2)nc1C. The van der Waals surface area contributed by atoms with E-state index < -0.39 is 5.91 Å². The van der Waals surface area contributed by atoms with Crippen LogP contribution in [0.15, 0.2) is 43.2 Å². The van der Waals surface area contributed by atoms with Crippen molar-refractivity contribution in [3.8, 4) is 0 Å². The summed E-state index contributed by atoms with van der Waals surface area (Å²) in [6.07, 6.45) is 3.20. The third kappa shape index (κ3) is 3.95. The van der Waals surface area contributed by atoms with Gasteiger partial charge < -0.3 is 20.8 Å². The van der Waals surface area contributed by atoms with Gasteiger partial charge in [-0.1, -0.05) is 24.8 Å². The van der Waals surface area contributed by atoms with Gasteiger partial charge in [0.2, 0.25) is 0 Å². The molecule has 0 aliphatic heterocycles. The van der Waals surface area contributed by atoms with E-state index >= 15 is 0 Å². The summed E-state index contributed by atoms with van der Waals surface area (Å²) in [5.41, 5.74) is 8.60. The fraction of sp³-hybridized carbons (Fsp3) is 0.158. The first-order valence-electron chi connectivity index (χ1n) is 8.32. The number of nitrogens with two attached hydrogens (primary N) is 1. The number of aryl methyl sites for hydroxylation is 1. The van der Waals surface area contributed by atoms with Crippen LogP contribution in [0.25, 0.3) is 16.8 Å². The number of allylic oxidation sites excluding steroid dienone is 1. The number of amides is 1. The lowest BCUT2D eigenvalue weighted by Crippen LogP contribution is -2.26. The van der Waals surface area contributed by atoms with Crippen LogP contribution in [-0.4, -0.2) is 25.8 Å². The number of carbonyl (C=O) groups is 1. The van der Waals surface area contributed by atoms with Gasteiger partial charge in [0.05, 0.1) is 29.5 Å². The van der Waals surface area contributed by atoms with Crippen molar-refractivity contribution in [1.29, 1.82) is 0 Å². The van der Waals surface area contributed by atoms with Crippen LogP contribution in [0.5, 0.6) is 0 Å². The topological polar surface area (TPSA) is 119 Å². The van der Waals surface area contributed by atoms with Crippen LogP contribution in [0.4, 0.5) is 5.82 Å². The fourth-order valence-electron chi connectivity index (χ4n) is 2.51.